The fraction of sp³-hybridized carbons (Fsp3) is 0.824. The number of hydrogen-bond acceptors (Lipinski definition) is 5. The van der Waals surface area contributed by atoms with Crippen molar-refractivity contribution in [3.8, 4) is 0 Å². The molecule has 146 valence electrons. The molecule has 0 atom stereocenters. The van der Waals surface area contributed by atoms with Crippen LogP contribution in [0.5, 0.6) is 0 Å². The molecular weight excluding hydrogens is 336 g/mol. The number of urea groups is 1. The number of likely N-dealkylation sites (N-methyl/N-ethyl adjacent to an activating group) is 1. The number of hydrogen-bond donors (Lipinski definition) is 3. The molecule has 1 aliphatic carbocycles. The van der Waals surface area contributed by atoms with E-state index in [1.807, 2.05) is 7.05 Å². The molecule has 2 fully saturated rings. The number of aromatic amines is 2. The van der Waals surface area contributed by atoms with E-state index in [0.717, 1.165) is 45.7 Å². The second-order valence-electron chi connectivity index (χ2n) is 7.35. The number of H-pyrrole nitrogens is 2. The molecule has 1 aromatic rings. The van der Waals surface area contributed by atoms with Crippen molar-refractivity contribution in [1.29, 1.82) is 0 Å². The van der Waals surface area contributed by atoms with E-state index in [-0.39, 0.29) is 17.3 Å². The molecule has 2 aliphatic rings. The van der Waals surface area contributed by atoms with E-state index < -0.39 is 0 Å². The van der Waals surface area contributed by atoms with Gasteiger partial charge in [-0.3, -0.25) is 9.88 Å². The molecule has 2 heterocycles. The Morgan fingerprint density at radius 2 is 2.04 bits per heavy atom. The van der Waals surface area contributed by atoms with Crippen LogP contribution in [0.3, 0.4) is 0 Å². The van der Waals surface area contributed by atoms with Crippen LogP contribution < -0.4 is 11.0 Å². The summed E-state index contributed by atoms with van der Waals surface area (Å²) in [7, 11) is 1.86. The van der Waals surface area contributed by atoms with Crippen molar-refractivity contribution in [1.82, 2.24) is 30.3 Å². The number of carbonyl (C=O) groups excluding carboxylic acids is 1. The molecule has 1 aliphatic heterocycles. The fourth-order valence-electron chi connectivity index (χ4n) is 4.18. The second kappa shape index (κ2) is 8.68. The zero-order valence-corrected chi connectivity index (χ0v) is 15.6. The maximum atomic E-state index is 12.5. The summed E-state index contributed by atoms with van der Waals surface area (Å²) in [5, 5.41) is 9.09. The highest BCUT2D eigenvalue weighted by Gasteiger charge is 2.40. The number of carbonyl (C=O) groups is 1. The highest BCUT2D eigenvalue weighted by Crippen LogP contribution is 2.35. The smallest absolute Gasteiger partial charge is 0.340 e. The summed E-state index contributed by atoms with van der Waals surface area (Å²) >= 11 is 0. The van der Waals surface area contributed by atoms with Crippen LogP contribution in [0.4, 0.5) is 4.79 Å². The van der Waals surface area contributed by atoms with Crippen LogP contribution in [-0.4, -0.2) is 83.0 Å². The molecule has 3 rings (SSSR count). The van der Waals surface area contributed by atoms with Crippen LogP contribution in [-0.2, 0) is 11.2 Å². The third-order valence-electron chi connectivity index (χ3n) is 5.53. The second-order valence-corrected chi connectivity index (χ2v) is 7.35. The quantitative estimate of drug-likeness (QED) is 0.672. The number of nitrogens with zero attached hydrogens (tertiary/aromatic N) is 3. The molecule has 0 spiro atoms. The Bertz CT molecular complexity index is 630. The lowest BCUT2D eigenvalue weighted by molar-refractivity contribution is -0.0447. The SMILES string of the molecule is CN(CC1(N2CCOCC2)CCCCC1)C(=O)NCCc1n[nH]c(=O)[nH]1. The van der Waals surface area contributed by atoms with Gasteiger partial charge >= 0.3 is 11.7 Å². The van der Waals surface area contributed by atoms with Gasteiger partial charge in [0.15, 0.2) is 0 Å². The van der Waals surface area contributed by atoms with Crippen LogP contribution in [0.15, 0.2) is 4.79 Å². The number of aromatic nitrogens is 3. The number of ether oxygens (including phenoxy) is 1. The number of amides is 2. The first-order valence-electron chi connectivity index (χ1n) is 9.54. The fourth-order valence-corrected chi connectivity index (χ4v) is 4.18. The van der Waals surface area contributed by atoms with Gasteiger partial charge in [-0.25, -0.2) is 14.7 Å². The molecule has 0 radical (unpaired) electrons. The molecule has 2 amide bonds. The highest BCUT2D eigenvalue weighted by molar-refractivity contribution is 5.73. The molecule has 9 heteroatoms. The predicted octanol–water partition coefficient (Wildman–Crippen LogP) is 0.317. The number of nitrogens with one attached hydrogen (secondary N) is 3. The predicted molar refractivity (Wildman–Crippen MR) is 97.1 cm³/mol. The number of morpholine rings is 1. The van der Waals surface area contributed by atoms with Crippen LogP contribution in [0.2, 0.25) is 0 Å². The van der Waals surface area contributed by atoms with E-state index in [4.69, 9.17) is 4.74 Å². The summed E-state index contributed by atoms with van der Waals surface area (Å²) in [5.74, 6) is 0.551. The minimum absolute atomic E-state index is 0.0710. The molecule has 26 heavy (non-hydrogen) atoms. The van der Waals surface area contributed by atoms with Crippen LogP contribution in [0.1, 0.15) is 37.9 Å². The van der Waals surface area contributed by atoms with Crippen LogP contribution in [0.25, 0.3) is 0 Å². The van der Waals surface area contributed by atoms with Gasteiger partial charge in [-0.1, -0.05) is 19.3 Å². The van der Waals surface area contributed by atoms with E-state index in [0.29, 0.717) is 18.8 Å². The normalized spacial score (nSPS) is 20.7. The maximum absolute atomic E-state index is 12.5. The lowest BCUT2D eigenvalue weighted by atomic mass is 9.79. The van der Waals surface area contributed by atoms with Gasteiger partial charge in [-0.05, 0) is 12.8 Å². The van der Waals surface area contributed by atoms with E-state index in [1.165, 1.54) is 19.3 Å². The van der Waals surface area contributed by atoms with Gasteiger partial charge in [0.25, 0.3) is 0 Å². The molecular formula is C17H30N6O3. The van der Waals surface area contributed by atoms with E-state index in [1.54, 1.807) is 4.90 Å². The van der Waals surface area contributed by atoms with E-state index in [9.17, 15) is 9.59 Å². The van der Waals surface area contributed by atoms with Gasteiger partial charge < -0.3 is 15.0 Å². The number of rotatable bonds is 6. The summed E-state index contributed by atoms with van der Waals surface area (Å²) in [5.41, 5.74) is -0.255. The minimum atomic E-state index is -0.326. The summed E-state index contributed by atoms with van der Waals surface area (Å²) in [6.07, 6.45) is 6.49. The lowest BCUT2D eigenvalue weighted by Crippen LogP contribution is -2.60. The maximum Gasteiger partial charge on any atom is 0.340 e. The van der Waals surface area contributed by atoms with Gasteiger partial charge in [0.05, 0.1) is 13.2 Å². The minimum Gasteiger partial charge on any atom is -0.379 e. The summed E-state index contributed by atoms with van der Waals surface area (Å²) in [6, 6.07) is -0.0823. The van der Waals surface area contributed by atoms with Crippen molar-refractivity contribution in [3.05, 3.63) is 16.3 Å². The average molecular weight is 366 g/mol. The molecule has 1 aromatic heterocycles. The Kier molecular flexibility index (Phi) is 6.31. The van der Waals surface area contributed by atoms with Crippen molar-refractivity contribution in [3.63, 3.8) is 0 Å². The first-order valence-corrected chi connectivity index (χ1v) is 9.54. The molecule has 1 saturated carbocycles. The van der Waals surface area contributed by atoms with Gasteiger partial charge in [0.1, 0.15) is 5.82 Å². The average Bonchev–Trinajstić information content (AvgIpc) is 3.08. The van der Waals surface area contributed by atoms with Gasteiger partial charge in [-0.15, -0.1) is 0 Å². The lowest BCUT2D eigenvalue weighted by Gasteiger charge is -2.49. The summed E-state index contributed by atoms with van der Waals surface area (Å²) < 4.78 is 5.52. The van der Waals surface area contributed by atoms with Gasteiger partial charge in [0, 0.05) is 45.2 Å². The summed E-state index contributed by atoms with van der Waals surface area (Å²) in [6.45, 7) is 4.62. The van der Waals surface area contributed by atoms with Crippen molar-refractivity contribution in [2.24, 2.45) is 0 Å². The zero-order chi connectivity index (χ0) is 18.4. The Labute approximate surface area is 153 Å². The first kappa shape index (κ1) is 18.9. The standard InChI is InChI=1S/C17H30N6O3/c1-22(16(25)18-8-5-14-19-15(24)21-20-14)13-17(6-3-2-4-7-17)23-9-11-26-12-10-23/h2-13H2,1H3,(H,18,25)(H2,19,20,21,24). The van der Waals surface area contributed by atoms with Crippen molar-refractivity contribution in [2.45, 2.75) is 44.1 Å². The van der Waals surface area contributed by atoms with Crippen molar-refractivity contribution >= 4 is 6.03 Å². The van der Waals surface area contributed by atoms with Gasteiger partial charge in [0.2, 0.25) is 0 Å². The first-order chi connectivity index (χ1) is 12.6. The topological polar surface area (TPSA) is 106 Å². The van der Waals surface area contributed by atoms with Crippen molar-refractivity contribution < 1.29 is 9.53 Å². The molecule has 0 aromatic carbocycles. The third-order valence-corrected chi connectivity index (χ3v) is 5.53. The molecule has 9 nitrogen and oxygen atoms in total. The Balaban J connectivity index is 1.53. The van der Waals surface area contributed by atoms with Crippen molar-refractivity contribution in [2.75, 3.05) is 46.4 Å². The monoisotopic (exact) mass is 366 g/mol. The van der Waals surface area contributed by atoms with Gasteiger partial charge in [-0.2, -0.15) is 5.10 Å². The zero-order valence-electron chi connectivity index (χ0n) is 15.6. The molecule has 0 unspecified atom stereocenters. The van der Waals surface area contributed by atoms with E-state index >= 15 is 0 Å². The third kappa shape index (κ3) is 4.64. The Morgan fingerprint density at radius 3 is 2.69 bits per heavy atom. The van der Waals surface area contributed by atoms with Crippen LogP contribution in [0, 0.1) is 0 Å². The largest absolute Gasteiger partial charge is 0.379 e. The van der Waals surface area contributed by atoms with Crippen LogP contribution >= 0.6 is 0 Å². The van der Waals surface area contributed by atoms with E-state index in [2.05, 4.69) is 25.4 Å². The molecule has 1 saturated heterocycles. The Hall–Kier alpha value is -1.87. The summed E-state index contributed by atoms with van der Waals surface area (Å²) in [4.78, 5) is 30.5. The Morgan fingerprint density at radius 1 is 1.31 bits per heavy atom. The highest BCUT2D eigenvalue weighted by atomic mass is 16.5. The molecule has 3 N–H and O–H groups in total. The molecule has 0 bridgehead atoms.